The maximum atomic E-state index is 14.1. The third kappa shape index (κ3) is 2.54. The summed E-state index contributed by atoms with van der Waals surface area (Å²) >= 11 is 0. The zero-order valence-corrected chi connectivity index (χ0v) is 13.5. The molecule has 0 bridgehead atoms. The number of fused-ring (bicyclic) bond motifs is 1. The SMILES string of the molecule is CC1Oc2ccc(-c3cc(F)cc(C4(C(=O)O)CC4)c3)cc2NC1=O. The van der Waals surface area contributed by atoms with Crippen molar-refractivity contribution >= 4 is 17.6 Å². The molecular formula is C19H16FNO4. The van der Waals surface area contributed by atoms with E-state index in [9.17, 15) is 19.1 Å². The van der Waals surface area contributed by atoms with Crippen LogP contribution in [0.25, 0.3) is 11.1 Å². The molecule has 0 saturated heterocycles. The van der Waals surface area contributed by atoms with Gasteiger partial charge in [0, 0.05) is 0 Å². The average molecular weight is 341 g/mol. The molecule has 25 heavy (non-hydrogen) atoms. The topological polar surface area (TPSA) is 75.6 Å². The largest absolute Gasteiger partial charge is 0.481 e. The Morgan fingerprint density at radius 1 is 1.24 bits per heavy atom. The Morgan fingerprint density at radius 2 is 2.00 bits per heavy atom. The van der Waals surface area contributed by atoms with E-state index in [2.05, 4.69) is 5.32 Å². The van der Waals surface area contributed by atoms with Gasteiger partial charge in [0.25, 0.3) is 5.91 Å². The molecule has 5 nitrogen and oxygen atoms in total. The van der Waals surface area contributed by atoms with Gasteiger partial charge in [0.15, 0.2) is 6.10 Å². The molecule has 2 aliphatic rings. The van der Waals surface area contributed by atoms with Crippen molar-refractivity contribution in [2.24, 2.45) is 0 Å². The summed E-state index contributed by atoms with van der Waals surface area (Å²) < 4.78 is 19.6. The minimum atomic E-state index is -0.974. The van der Waals surface area contributed by atoms with Gasteiger partial charge in [-0.25, -0.2) is 4.39 Å². The van der Waals surface area contributed by atoms with Crippen LogP contribution in [0, 0.1) is 5.82 Å². The van der Waals surface area contributed by atoms with Crippen LogP contribution < -0.4 is 10.1 Å². The van der Waals surface area contributed by atoms with Gasteiger partial charge in [0.1, 0.15) is 11.6 Å². The van der Waals surface area contributed by atoms with Crippen molar-refractivity contribution < 1.29 is 23.8 Å². The number of benzene rings is 2. The lowest BCUT2D eigenvalue weighted by molar-refractivity contribution is -0.140. The van der Waals surface area contributed by atoms with Gasteiger partial charge in [0.2, 0.25) is 0 Å². The van der Waals surface area contributed by atoms with Crippen molar-refractivity contribution in [3.8, 4) is 16.9 Å². The minimum Gasteiger partial charge on any atom is -0.481 e. The molecule has 0 radical (unpaired) electrons. The van der Waals surface area contributed by atoms with Gasteiger partial charge in [-0.05, 0) is 66.8 Å². The van der Waals surface area contributed by atoms with Crippen LogP contribution in [0.15, 0.2) is 36.4 Å². The van der Waals surface area contributed by atoms with E-state index in [1.807, 2.05) is 0 Å². The van der Waals surface area contributed by atoms with Crippen LogP contribution in [0.3, 0.4) is 0 Å². The highest BCUT2D eigenvalue weighted by Gasteiger charge is 2.52. The van der Waals surface area contributed by atoms with E-state index in [-0.39, 0.29) is 5.91 Å². The lowest BCUT2D eigenvalue weighted by Gasteiger charge is -2.23. The summed E-state index contributed by atoms with van der Waals surface area (Å²) in [5.41, 5.74) is 1.27. The standard InChI is InChI=1S/C19H16FNO4/c1-10-17(22)21-15-8-11(2-3-16(15)25-10)12-6-13(9-14(20)7-12)19(4-5-19)18(23)24/h2-3,6-10H,4-5H2,1H3,(H,21,22)(H,23,24). The van der Waals surface area contributed by atoms with Gasteiger partial charge >= 0.3 is 5.97 Å². The number of ether oxygens (including phenoxy) is 1. The maximum Gasteiger partial charge on any atom is 0.314 e. The normalized spacial score (nSPS) is 20.2. The fourth-order valence-corrected chi connectivity index (χ4v) is 3.17. The van der Waals surface area contributed by atoms with Gasteiger partial charge in [-0.3, -0.25) is 9.59 Å². The Bertz CT molecular complexity index is 904. The number of rotatable bonds is 3. The Labute approximate surface area is 143 Å². The van der Waals surface area contributed by atoms with E-state index in [1.165, 1.54) is 12.1 Å². The van der Waals surface area contributed by atoms with Crippen molar-refractivity contribution in [1.82, 2.24) is 0 Å². The van der Waals surface area contributed by atoms with Crippen molar-refractivity contribution in [2.75, 3.05) is 5.32 Å². The van der Waals surface area contributed by atoms with Gasteiger partial charge in [0.05, 0.1) is 11.1 Å². The summed E-state index contributed by atoms with van der Waals surface area (Å²) in [5, 5.41) is 12.2. The highest BCUT2D eigenvalue weighted by molar-refractivity contribution is 5.98. The first kappa shape index (κ1) is 15.6. The number of hydrogen-bond acceptors (Lipinski definition) is 3. The summed E-state index contributed by atoms with van der Waals surface area (Å²) in [6, 6.07) is 9.54. The first-order valence-corrected chi connectivity index (χ1v) is 8.05. The number of anilines is 1. The number of nitrogens with one attached hydrogen (secondary N) is 1. The quantitative estimate of drug-likeness (QED) is 0.898. The van der Waals surface area contributed by atoms with E-state index in [4.69, 9.17) is 4.74 Å². The second-order valence-corrected chi connectivity index (χ2v) is 6.58. The van der Waals surface area contributed by atoms with Crippen molar-refractivity contribution in [2.45, 2.75) is 31.3 Å². The summed E-state index contributed by atoms with van der Waals surface area (Å²) in [4.78, 5) is 23.3. The molecule has 2 aromatic carbocycles. The molecule has 6 heteroatoms. The molecule has 1 amide bonds. The number of carboxylic acids is 1. The van der Waals surface area contributed by atoms with E-state index in [0.29, 0.717) is 41.0 Å². The Balaban J connectivity index is 1.76. The number of aliphatic carboxylic acids is 1. The van der Waals surface area contributed by atoms with Crippen molar-refractivity contribution in [3.63, 3.8) is 0 Å². The van der Waals surface area contributed by atoms with Crippen LogP contribution in [0.1, 0.15) is 25.3 Å². The summed E-state index contributed by atoms with van der Waals surface area (Å²) in [6.45, 7) is 1.66. The summed E-state index contributed by atoms with van der Waals surface area (Å²) in [6.07, 6.45) is 0.457. The van der Waals surface area contributed by atoms with Crippen molar-refractivity contribution in [1.29, 1.82) is 0 Å². The van der Waals surface area contributed by atoms with Gasteiger partial charge in [-0.2, -0.15) is 0 Å². The molecule has 1 aliphatic carbocycles. The zero-order valence-electron chi connectivity index (χ0n) is 13.5. The predicted octanol–water partition coefficient (Wildman–Crippen LogP) is 3.33. The molecule has 1 unspecified atom stereocenters. The van der Waals surface area contributed by atoms with E-state index in [1.54, 1.807) is 31.2 Å². The molecule has 1 aliphatic heterocycles. The van der Waals surface area contributed by atoms with Crippen LogP contribution in [0.5, 0.6) is 5.75 Å². The van der Waals surface area contributed by atoms with Crippen LogP contribution in [0.4, 0.5) is 10.1 Å². The number of halogens is 1. The molecule has 2 aromatic rings. The smallest absolute Gasteiger partial charge is 0.314 e. The highest BCUT2D eigenvalue weighted by Crippen LogP contribution is 2.49. The van der Waals surface area contributed by atoms with Crippen molar-refractivity contribution in [3.05, 3.63) is 47.8 Å². The summed E-state index contributed by atoms with van der Waals surface area (Å²) in [7, 11) is 0. The lowest BCUT2D eigenvalue weighted by Crippen LogP contribution is -2.34. The number of carboxylic acid groups (broad SMARTS) is 1. The van der Waals surface area contributed by atoms with Crippen LogP contribution in [0.2, 0.25) is 0 Å². The van der Waals surface area contributed by atoms with Gasteiger partial charge in [-0.15, -0.1) is 0 Å². The maximum absolute atomic E-state index is 14.1. The number of carbonyl (C=O) groups excluding carboxylic acids is 1. The Kier molecular flexibility index (Phi) is 3.32. The predicted molar refractivity (Wildman–Crippen MR) is 89.1 cm³/mol. The molecule has 1 atom stereocenters. The Morgan fingerprint density at radius 3 is 2.68 bits per heavy atom. The second kappa shape index (κ2) is 5.31. The number of carbonyl (C=O) groups is 2. The first-order chi connectivity index (χ1) is 11.9. The molecule has 128 valence electrons. The average Bonchev–Trinajstić information content (AvgIpc) is 3.37. The minimum absolute atomic E-state index is 0.243. The zero-order chi connectivity index (χ0) is 17.8. The van der Waals surface area contributed by atoms with Gasteiger partial charge in [-0.1, -0.05) is 6.07 Å². The molecule has 4 rings (SSSR count). The fraction of sp³-hybridized carbons (Fsp3) is 0.263. The third-order valence-corrected chi connectivity index (χ3v) is 4.85. The highest BCUT2D eigenvalue weighted by atomic mass is 19.1. The monoisotopic (exact) mass is 341 g/mol. The molecule has 1 heterocycles. The van der Waals surface area contributed by atoms with Gasteiger partial charge < -0.3 is 15.2 Å². The molecule has 0 spiro atoms. The molecular weight excluding hydrogens is 325 g/mol. The first-order valence-electron chi connectivity index (χ1n) is 8.05. The molecule has 2 N–H and O–H groups in total. The molecule has 1 fully saturated rings. The molecule has 1 saturated carbocycles. The Hall–Kier alpha value is -2.89. The van der Waals surface area contributed by atoms with E-state index < -0.39 is 23.3 Å². The number of hydrogen-bond donors (Lipinski definition) is 2. The fourth-order valence-electron chi connectivity index (χ4n) is 3.17. The third-order valence-electron chi connectivity index (χ3n) is 4.85. The lowest BCUT2D eigenvalue weighted by atomic mass is 9.92. The van der Waals surface area contributed by atoms with Crippen LogP contribution in [-0.2, 0) is 15.0 Å². The number of amides is 1. The summed E-state index contributed by atoms with van der Waals surface area (Å²) in [5.74, 6) is -1.10. The van der Waals surface area contributed by atoms with Crippen LogP contribution >= 0.6 is 0 Å². The van der Waals surface area contributed by atoms with Crippen LogP contribution in [-0.4, -0.2) is 23.1 Å². The van der Waals surface area contributed by atoms with E-state index in [0.717, 1.165) is 0 Å². The molecule has 0 aromatic heterocycles. The van der Waals surface area contributed by atoms with E-state index >= 15 is 0 Å². The second-order valence-electron chi connectivity index (χ2n) is 6.58.